The Kier molecular flexibility index (Phi) is 3.46. The summed E-state index contributed by atoms with van der Waals surface area (Å²) in [5.41, 5.74) is 0. The molecule has 0 aromatic carbocycles. The number of unbranched alkanes of at least 4 members (excludes halogenated alkanes) is 1. The predicted molar refractivity (Wildman–Crippen MR) is 40.0 cm³/mol. The van der Waals surface area contributed by atoms with Crippen LogP contribution in [0.3, 0.4) is 0 Å². The summed E-state index contributed by atoms with van der Waals surface area (Å²) >= 11 is 5.49. The van der Waals surface area contributed by atoms with E-state index in [-0.39, 0.29) is 12.6 Å². The highest BCUT2D eigenvalue weighted by Gasteiger charge is 2.25. The monoisotopic (exact) mass is 164 g/mol. The molecule has 0 spiro atoms. The van der Waals surface area contributed by atoms with Crippen LogP contribution < -0.4 is 0 Å². The van der Waals surface area contributed by atoms with Gasteiger partial charge in [0.25, 0.3) is 0 Å². The van der Waals surface area contributed by atoms with Gasteiger partial charge in [-0.3, -0.25) is 0 Å². The van der Waals surface area contributed by atoms with Crippen LogP contribution in [0.15, 0.2) is 0 Å². The smallest absolute Gasteiger partial charge is 0.163 e. The molecule has 2 nitrogen and oxygen atoms in total. The Morgan fingerprint density at radius 1 is 1.30 bits per heavy atom. The minimum absolute atomic E-state index is 0.0148. The molecule has 0 bridgehead atoms. The number of alkyl halides is 1. The largest absolute Gasteiger partial charge is 0.324 e. The van der Waals surface area contributed by atoms with Crippen molar-refractivity contribution in [3.05, 3.63) is 0 Å². The standard InChI is InChI=1S/C7H13ClO2/c1-6-9-7(10-6)4-2-3-5-8/h6-7H,2-5H2,1H3. The van der Waals surface area contributed by atoms with Gasteiger partial charge in [0.1, 0.15) is 0 Å². The van der Waals surface area contributed by atoms with Gasteiger partial charge in [-0.1, -0.05) is 0 Å². The zero-order chi connectivity index (χ0) is 7.40. The van der Waals surface area contributed by atoms with Gasteiger partial charge in [-0.15, -0.1) is 11.6 Å². The normalized spacial score (nSPS) is 31.8. The molecule has 0 radical (unpaired) electrons. The molecule has 60 valence electrons. The van der Waals surface area contributed by atoms with Crippen LogP contribution in [0.1, 0.15) is 26.2 Å². The molecule has 1 fully saturated rings. The first-order valence-corrected chi connectivity index (χ1v) is 4.23. The molecule has 0 aliphatic carbocycles. The zero-order valence-electron chi connectivity index (χ0n) is 6.18. The first-order chi connectivity index (χ1) is 4.83. The third-order valence-electron chi connectivity index (χ3n) is 1.51. The Bertz CT molecular complexity index is 91.6. The van der Waals surface area contributed by atoms with Crippen molar-refractivity contribution in [3.8, 4) is 0 Å². The summed E-state index contributed by atoms with van der Waals surface area (Å²) in [5.74, 6) is 0.738. The fourth-order valence-corrected chi connectivity index (χ4v) is 1.17. The second-order valence-electron chi connectivity index (χ2n) is 2.45. The van der Waals surface area contributed by atoms with Crippen LogP contribution in [0.25, 0.3) is 0 Å². The zero-order valence-corrected chi connectivity index (χ0v) is 6.93. The Labute approximate surface area is 66.5 Å². The van der Waals surface area contributed by atoms with Crippen molar-refractivity contribution in [1.82, 2.24) is 0 Å². The lowest BCUT2D eigenvalue weighted by molar-refractivity contribution is -0.377. The second kappa shape index (κ2) is 4.16. The van der Waals surface area contributed by atoms with Crippen molar-refractivity contribution in [2.24, 2.45) is 0 Å². The van der Waals surface area contributed by atoms with E-state index in [1.807, 2.05) is 6.92 Å². The van der Waals surface area contributed by atoms with Gasteiger partial charge in [-0.05, 0) is 26.2 Å². The van der Waals surface area contributed by atoms with E-state index >= 15 is 0 Å². The van der Waals surface area contributed by atoms with Gasteiger partial charge in [0, 0.05) is 5.88 Å². The molecule has 0 saturated carbocycles. The minimum atomic E-state index is 0.0148. The van der Waals surface area contributed by atoms with E-state index < -0.39 is 0 Å². The van der Waals surface area contributed by atoms with Gasteiger partial charge in [0.05, 0.1) is 0 Å². The van der Waals surface area contributed by atoms with Crippen molar-refractivity contribution in [2.75, 3.05) is 5.88 Å². The Morgan fingerprint density at radius 2 is 2.00 bits per heavy atom. The maximum Gasteiger partial charge on any atom is 0.163 e. The summed E-state index contributed by atoms with van der Waals surface area (Å²) < 4.78 is 10.4. The molecule has 1 aliphatic rings. The van der Waals surface area contributed by atoms with E-state index in [1.54, 1.807) is 0 Å². The summed E-state index contributed by atoms with van der Waals surface area (Å²) in [6, 6.07) is 0. The molecular formula is C7H13ClO2. The molecule has 3 heteroatoms. The average molecular weight is 165 g/mol. The van der Waals surface area contributed by atoms with Crippen molar-refractivity contribution >= 4 is 11.6 Å². The van der Waals surface area contributed by atoms with Gasteiger partial charge in [0.15, 0.2) is 12.6 Å². The fraction of sp³-hybridized carbons (Fsp3) is 1.00. The van der Waals surface area contributed by atoms with Gasteiger partial charge in [-0.25, -0.2) is 0 Å². The number of hydrogen-bond donors (Lipinski definition) is 0. The third-order valence-corrected chi connectivity index (χ3v) is 1.78. The SMILES string of the molecule is CC1OC(CCCCCl)O1. The maximum atomic E-state index is 5.49. The van der Waals surface area contributed by atoms with Gasteiger partial charge in [-0.2, -0.15) is 0 Å². The highest BCUT2D eigenvalue weighted by Crippen LogP contribution is 2.20. The Balaban J connectivity index is 1.86. The first-order valence-electron chi connectivity index (χ1n) is 3.70. The Morgan fingerprint density at radius 3 is 2.50 bits per heavy atom. The van der Waals surface area contributed by atoms with Crippen LogP contribution >= 0.6 is 11.6 Å². The van der Waals surface area contributed by atoms with Crippen molar-refractivity contribution in [3.63, 3.8) is 0 Å². The summed E-state index contributed by atoms with van der Waals surface area (Å²) in [4.78, 5) is 0. The van der Waals surface area contributed by atoms with E-state index in [0.717, 1.165) is 25.1 Å². The molecule has 0 atom stereocenters. The predicted octanol–water partition coefficient (Wildman–Crippen LogP) is 2.11. The lowest BCUT2D eigenvalue weighted by atomic mass is 10.2. The summed E-state index contributed by atoms with van der Waals surface area (Å²) in [7, 11) is 0. The molecule has 1 saturated heterocycles. The molecule has 0 amide bonds. The maximum absolute atomic E-state index is 5.49. The van der Waals surface area contributed by atoms with Crippen LogP contribution in [-0.2, 0) is 9.47 Å². The van der Waals surface area contributed by atoms with Crippen LogP contribution in [0.5, 0.6) is 0 Å². The molecule has 0 unspecified atom stereocenters. The van der Waals surface area contributed by atoms with Crippen LogP contribution in [0.4, 0.5) is 0 Å². The third kappa shape index (κ3) is 2.45. The first kappa shape index (κ1) is 8.31. The fourth-order valence-electron chi connectivity index (χ4n) is 0.979. The van der Waals surface area contributed by atoms with Crippen molar-refractivity contribution in [2.45, 2.75) is 38.8 Å². The summed E-state index contributed by atoms with van der Waals surface area (Å²) in [5, 5.41) is 0. The number of halogens is 1. The lowest BCUT2D eigenvalue weighted by Gasteiger charge is -2.33. The van der Waals surface area contributed by atoms with Crippen molar-refractivity contribution < 1.29 is 9.47 Å². The van der Waals surface area contributed by atoms with E-state index in [9.17, 15) is 0 Å². The lowest BCUT2D eigenvalue weighted by Crippen LogP contribution is -2.38. The van der Waals surface area contributed by atoms with E-state index in [4.69, 9.17) is 21.1 Å². The molecule has 0 aromatic heterocycles. The highest BCUT2D eigenvalue weighted by molar-refractivity contribution is 6.17. The Hall–Kier alpha value is 0.210. The number of ether oxygens (including phenoxy) is 2. The molecule has 1 aliphatic heterocycles. The topological polar surface area (TPSA) is 18.5 Å². The number of hydrogen-bond acceptors (Lipinski definition) is 2. The van der Waals surface area contributed by atoms with Crippen LogP contribution in [-0.4, -0.2) is 18.5 Å². The van der Waals surface area contributed by atoms with E-state index in [2.05, 4.69) is 0 Å². The summed E-state index contributed by atoms with van der Waals surface area (Å²) in [6.07, 6.45) is 3.20. The quantitative estimate of drug-likeness (QED) is 0.468. The minimum Gasteiger partial charge on any atom is -0.324 e. The second-order valence-corrected chi connectivity index (χ2v) is 2.83. The molecule has 1 rings (SSSR count). The number of rotatable bonds is 4. The summed E-state index contributed by atoms with van der Waals surface area (Å²) in [6.45, 7) is 1.90. The molecule has 10 heavy (non-hydrogen) atoms. The van der Waals surface area contributed by atoms with Crippen LogP contribution in [0, 0.1) is 0 Å². The van der Waals surface area contributed by atoms with E-state index in [1.165, 1.54) is 0 Å². The van der Waals surface area contributed by atoms with E-state index in [0.29, 0.717) is 0 Å². The average Bonchev–Trinajstić information content (AvgIpc) is 1.85. The van der Waals surface area contributed by atoms with Crippen molar-refractivity contribution in [1.29, 1.82) is 0 Å². The molecular weight excluding hydrogens is 152 g/mol. The molecule has 0 N–H and O–H groups in total. The van der Waals surface area contributed by atoms with Gasteiger partial charge >= 0.3 is 0 Å². The van der Waals surface area contributed by atoms with Crippen LogP contribution in [0.2, 0.25) is 0 Å². The van der Waals surface area contributed by atoms with Gasteiger partial charge in [0.2, 0.25) is 0 Å². The molecule has 0 aromatic rings. The molecule has 1 heterocycles. The van der Waals surface area contributed by atoms with Gasteiger partial charge < -0.3 is 9.47 Å². The highest BCUT2D eigenvalue weighted by atomic mass is 35.5.